The number of fused-ring (bicyclic) bond motifs is 2. The van der Waals surface area contributed by atoms with Crippen molar-refractivity contribution in [3.05, 3.63) is 70.0 Å². The van der Waals surface area contributed by atoms with Crippen LogP contribution in [-0.2, 0) is 18.4 Å². The van der Waals surface area contributed by atoms with Gasteiger partial charge in [0.2, 0.25) is 11.8 Å². The monoisotopic (exact) mass is 704 g/mol. The molecule has 4 aromatic rings. The maximum Gasteiger partial charge on any atom is 0.310 e. The van der Waals surface area contributed by atoms with Crippen molar-refractivity contribution in [2.24, 2.45) is 12.5 Å². The highest BCUT2D eigenvalue weighted by molar-refractivity contribution is 8.22. The van der Waals surface area contributed by atoms with Crippen molar-refractivity contribution in [1.29, 1.82) is 0 Å². The number of nitrogens with zero attached hydrogens (tertiary/aromatic N) is 6. The van der Waals surface area contributed by atoms with E-state index in [0.29, 0.717) is 30.2 Å². The summed E-state index contributed by atoms with van der Waals surface area (Å²) in [5.74, 6) is -0.800. The number of ether oxygens (including phenoxy) is 2. The van der Waals surface area contributed by atoms with Gasteiger partial charge in [-0.25, -0.2) is 0 Å². The van der Waals surface area contributed by atoms with E-state index in [4.69, 9.17) is 14.5 Å². The highest BCUT2D eigenvalue weighted by Gasteiger charge is 2.53. The summed E-state index contributed by atoms with van der Waals surface area (Å²) >= 11 is 0. The van der Waals surface area contributed by atoms with Crippen LogP contribution in [0, 0.1) is 26.2 Å². The average Bonchev–Trinajstić information content (AvgIpc) is 3.47. The molecule has 1 saturated heterocycles. The number of carboxylic acid groups (broad SMARTS) is 1. The smallest absolute Gasteiger partial charge is 0.310 e. The van der Waals surface area contributed by atoms with Crippen LogP contribution in [0.3, 0.4) is 0 Å². The van der Waals surface area contributed by atoms with Crippen molar-refractivity contribution in [3.8, 4) is 11.8 Å². The SMILES string of the molecule is Cc1cc2cc(C(c3ccc(C)c(CN4CC5(CC5)Oc5nc(OCCN6CCCC6)c(C)cc5S4(O)O)c3)C(C)(C)C(=O)O)n(C)c2nn1. The van der Waals surface area contributed by atoms with Gasteiger partial charge >= 0.3 is 5.97 Å². The number of carboxylic acids is 1. The van der Waals surface area contributed by atoms with Crippen LogP contribution >= 0.6 is 10.8 Å². The Morgan fingerprint density at radius 2 is 1.80 bits per heavy atom. The first kappa shape index (κ1) is 34.7. The van der Waals surface area contributed by atoms with Gasteiger partial charge < -0.3 is 19.1 Å². The summed E-state index contributed by atoms with van der Waals surface area (Å²) in [4.78, 5) is 20.2. The minimum absolute atomic E-state index is 0.217. The van der Waals surface area contributed by atoms with Gasteiger partial charge in [0, 0.05) is 42.7 Å². The Labute approximate surface area is 294 Å². The van der Waals surface area contributed by atoms with Crippen LogP contribution in [0.1, 0.15) is 79.1 Å². The molecule has 2 aliphatic heterocycles. The molecule has 0 bridgehead atoms. The van der Waals surface area contributed by atoms with Gasteiger partial charge in [0.25, 0.3) is 0 Å². The normalized spacial score (nSPS) is 19.9. The summed E-state index contributed by atoms with van der Waals surface area (Å²) in [5.41, 5.74) is 3.85. The first-order valence-corrected chi connectivity index (χ1v) is 18.9. The molecule has 1 spiro atoms. The number of aliphatic carboxylic acids is 1. The number of hydrogen-bond donors (Lipinski definition) is 3. The zero-order valence-corrected chi connectivity index (χ0v) is 30.6. The molecule has 3 aromatic heterocycles. The molecule has 50 heavy (non-hydrogen) atoms. The molecule has 5 heterocycles. The summed E-state index contributed by atoms with van der Waals surface area (Å²) in [6.07, 6.45) is 3.97. The fourth-order valence-corrected chi connectivity index (χ4v) is 9.09. The molecule has 1 aromatic carbocycles. The Morgan fingerprint density at radius 3 is 2.50 bits per heavy atom. The Kier molecular flexibility index (Phi) is 8.87. The molecular weight excluding hydrogens is 657 g/mol. The van der Waals surface area contributed by atoms with Gasteiger partial charge in [0.15, 0.2) is 5.65 Å². The van der Waals surface area contributed by atoms with Gasteiger partial charge in [-0.05, 0) is 108 Å². The second-order valence-electron chi connectivity index (χ2n) is 15.0. The van der Waals surface area contributed by atoms with E-state index in [1.807, 2.05) is 62.7 Å². The number of likely N-dealkylation sites (tertiary alicyclic amines) is 1. The lowest BCUT2D eigenvalue weighted by atomic mass is 9.72. The number of benzene rings is 1. The van der Waals surface area contributed by atoms with Crippen LogP contribution in [0.5, 0.6) is 11.8 Å². The summed E-state index contributed by atoms with van der Waals surface area (Å²) < 4.78 is 40.3. The standard InChI is InChI=1S/C37H48N6O6S/c1-23-9-10-26(31(36(4,5)35(44)45)29-20-27-18-25(3)39-40-32(27)41(29)6)19-28(23)21-43-22-37(11-12-37)49-34-30(50(43,46)47)17-24(2)33(38-34)48-16-15-42-13-7-8-14-42/h9-10,17-20,31,46-47H,7-8,11-16,21-22H2,1-6H3,(H,44,45). The van der Waals surface area contributed by atoms with Crippen molar-refractivity contribution >= 4 is 27.8 Å². The molecule has 3 N–H and O–H groups in total. The largest absolute Gasteiger partial charge is 0.481 e. The van der Waals surface area contributed by atoms with Crippen molar-refractivity contribution in [2.45, 2.75) is 83.3 Å². The zero-order valence-electron chi connectivity index (χ0n) is 29.8. The van der Waals surface area contributed by atoms with Crippen LogP contribution in [0.2, 0.25) is 0 Å². The maximum absolute atomic E-state index is 12.8. The molecule has 0 amide bonds. The molecule has 1 unspecified atom stereocenters. The zero-order chi connectivity index (χ0) is 35.6. The first-order chi connectivity index (χ1) is 23.7. The third-order valence-corrected chi connectivity index (χ3v) is 12.6. The predicted molar refractivity (Wildman–Crippen MR) is 192 cm³/mol. The fraction of sp³-hybridized carbons (Fsp3) is 0.514. The lowest BCUT2D eigenvalue weighted by Crippen LogP contribution is -2.36. The minimum atomic E-state index is -3.52. The Bertz CT molecular complexity index is 1950. The van der Waals surface area contributed by atoms with Gasteiger partial charge in [0.1, 0.15) is 17.1 Å². The summed E-state index contributed by atoms with van der Waals surface area (Å²) in [6.45, 7) is 13.2. The molecule has 7 rings (SSSR count). The number of rotatable bonds is 10. The highest BCUT2D eigenvalue weighted by Crippen LogP contribution is 2.61. The van der Waals surface area contributed by atoms with Gasteiger partial charge in [-0.15, -0.1) is 15.9 Å². The number of hydrogen-bond acceptors (Lipinski definition) is 10. The molecule has 0 radical (unpaired) electrons. The van der Waals surface area contributed by atoms with Crippen LogP contribution < -0.4 is 9.47 Å². The van der Waals surface area contributed by atoms with Crippen LogP contribution in [0.4, 0.5) is 0 Å². The van der Waals surface area contributed by atoms with Gasteiger partial charge in [-0.2, -0.15) is 14.4 Å². The van der Waals surface area contributed by atoms with E-state index in [-0.39, 0.29) is 17.3 Å². The lowest BCUT2D eigenvalue weighted by Gasteiger charge is -2.42. The third-order valence-electron chi connectivity index (χ3n) is 10.7. The molecule has 12 nitrogen and oxygen atoms in total. The molecule has 268 valence electrons. The van der Waals surface area contributed by atoms with Crippen LogP contribution in [0.25, 0.3) is 11.0 Å². The minimum Gasteiger partial charge on any atom is -0.481 e. The Morgan fingerprint density at radius 1 is 1.06 bits per heavy atom. The molecule has 1 atom stereocenters. The molecule has 3 aliphatic rings. The molecule has 1 saturated carbocycles. The maximum atomic E-state index is 12.8. The number of carbonyl (C=O) groups is 1. The van der Waals surface area contributed by atoms with Crippen molar-refractivity contribution in [1.82, 2.24) is 29.0 Å². The van der Waals surface area contributed by atoms with E-state index in [1.165, 1.54) is 12.8 Å². The summed E-state index contributed by atoms with van der Waals surface area (Å²) in [7, 11) is -1.64. The number of pyridine rings is 1. The molecule has 1 aliphatic carbocycles. The predicted octanol–water partition coefficient (Wildman–Crippen LogP) is 6.46. The second kappa shape index (κ2) is 12.8. The number of aromatic nitrogens is 4. The second-order valence-corrected chi connectivity index (χ2v) is 16.9. The lowest BCUT2D eigenvalue weighted by molar-refractivity contribution is -0.147. The Hall–Kier alpha value is -3.75. The van der Waals surface area contributed by atoms with E-state index in [1.54, 1.807) is 24.2 Å². The van der Waals surface area contributed by atoms with E-state index in [2.05, 4.69) is 15.1 Å². The molecule has 13 heteroatoms. The summed E-state index contributed by atoms with van der Waals surface area (Å²) in [5, 5.41) is 20.0. The topological polar surface area (TPSA) is 146 Å². The average molecular weight is 705 g/mol. The van der Waals surface area contributed by atoms with E-state index in [0.717, 1.165) is 65.9 Å². The van der Waals surface area contributed by atoms with Crippen molar-refractivity contribution in [2.75, 3.05) is 32.8 Å². The highest BCUT2D eigenvalue weighted by atomic mass is 32.3. The van der Waals surface area contributed by atoms with Gasteiger partial charge in [0.05, 0.1) is 17.7 Å². The number of aryl methyl sites for hydroxylation is 4. The molecular formula is C37H48N6O6S. The summed E-state index contributed by atoms with van der Waals surface area (Å²) in [6, 6.07) is 11.7. The van der Waals surface area contributed by atoms with Crippen molar-refractivity contribution < 1.29 is 28.5 Å². The van der Waals surface area contributed by atoms with E-state index in [9.17, 15) is 19.0 Å². The van der Waals surface area contributed by atoms with E-state index < -0.39 is 33.7 Å². The third kappa shape index (κ3) is 6.34. The van der Waals surface area contributed by atoms with E-state index >= 15 is 0 Å². The first-order valence-electron chi connectivity index (χ1n) is 17.4. The van der Waals surface area contributed by atoms with Crippen LogP contribution in [-0.4, -0.2) is 87.5 Å². The van der Waals surface area contributed by atoms with Crippen molar-refractivity contribution in [3.63, 3.8) is 0 Å². The Balaban J connectivity index is 1.23. The van der Waals surface area contributed by atoms with Gasteiger partial charge in [-0.3, -0.25) is 18.8 Å². The van der Waals surface area contributed by atoms with Gasteiger partial charge in [-0.1, -0.05) is 18.2 Å². The molecule has 2 fully saturated rings. The van der Waals surface area contributed by atoms with Crippen LogP contribution in [0.15, 0.2) is 41.3 Å². The quantitative estimate of drug-likeness (QED) is 0.167. The fourth-order valence-electron chi connectivity index (χ4n) is 7.42.